The molecule has 0 spiro atoms. The monoisotopic (exact) mass is 74.1 g/mol. The van der Waals surface area contributed by atoms with Crippen LogP contribution in [0.15, 0.2) is 13.2 Å². The van der Waals surface area contributed by atoms with Gasteiger partial charge in [-0.05, 0) is 10.2 Å². The summed E-state index contributed by atoms with van der Waals surface area (Å²) >= 11 is 0. The van der Waals surface area contributed by atoms with Crippen LogP contribution in [0.3, 0.4) is 0 Å². The van der Waals surface area contributed by atoms with E-state index >= 15 is 0 Å². The van der Waals surface area contributed by atoms with Crippen molar-refractivity contribution >= 4 is 10.2 Å². The van der Waals surface area contributed by atoms with Crippen LogP contribution >= 0.6 is 0 Å². The second kappa shape index (κ2) is 6090. The number of rotatable bonds is 0. The van der Waals surface area contributed by atoms with Crippen LogP contribution in [0.1, 0.15) is 0 Å². The molecule has 0 aliphatic carbocycles. The summed E-state index contributed by atoms with van der Waals surface area (Å²) in [4.78, 5) is 0. The first-order valence-electron chi connectivity index (χ1n) is 1.50. The molecule has 0 N–H and O–H groups in total. The van der Waals surface area contributed by atoms with Crippen molar-refractivity contribution in [2.24, 2.45) is 0 Å². The van der Waals surface area contributed by atoms with Gasteiger partial charge in [0.05, 0.1) is 0 Å². The van der Waals surface area contributed by atoms with Crippen molar-refractivity contribution in [1.82, 2.24) is 0 Å². The van der Waals surface area contributed by atoms with Crippen LogP contribution in [0.25, 0.3) is 0 Å². The highest BCUT2D eigenvalue weighted by Gasteiger charge is 0.962. The van der Waals surface area contributed by atoms with E-state index in [0.29, 0.717) is 0 Å². The van der Waals surface area contributed by atoms with Gasteiger partial charge in [0.15, 0.2) is 0 Å². The third-order valence-electron chi connectivity index (χ3n) is 0. The molecule has 0 amide bonds. The molecule has 1 heteroatoms. The van der Waals surface area contributed by atoms with Crippen molar-refractivity contribution in [3.63, 3.8) is 0 Å². The van der Waals surface area contributed by atoms with Crippen LogP contribution in [-0.2, 0) is 0 Å². The summed E-state index contributed by atoms with van der Waals surface area (Å²) in [6.07, 6.45) is 0. The van der Waals surface area contributed by atoms with Gasteiger partial charge >= 0.3 is 0 Å². The van der Waals surface area contributed by atoms with E-state index in [1.165, 1.54) is 10.2 Å². The lowest BCUT2D eigenvalue weighted by atomic mass is 11.3. The van der Waals surface area contributed by atoms with Crippen LogP contribution in [0.5, 0.6) is 0 Å². The minimum Gasteiger partial charge on any atom is -0.106 e. The van der Waals surface area contributed by atoms with E-state index in [-0.39, 0.29) is 0 Å². The van der Waals surface area contributed by atoms with E-state index in [9.17, 15) is 0 Å². The van der Waals surface area contributed by atoms with Gasteiger partial charge in [-0.15, -0.1) is 13.2 Å². The Morgan fingerprint density at radius 3 is 1.25 bits per heavy atom. The van der Waals surface area contributed by atoms with Crippen molar-refractivity contribution in [2.75, 3.05) is 0 Å². The largest absolute Gasteiger partial charge is 0.106 e. The molecule has 4 heavy (non-hydrogen) atoms. The molecule has 0 fully saturated rings. The second-order valence-electron chi connectivity index (χ2n) is 0. The summed E-state index contributed by atoms with van der Waals surface area (Å²) in [7, 11) is 1.31. The summed E-state index contributed by atoms with van der Waals surface area (Å²) in [6.45, 7) is 8.14. The highest BCUT2D eigenvalue weighted by molar-refractivity contribution is 6.05. The summed E-state index contributed by atoms with van der Waals surface area (Å²) in [5, 5.41) is 0. The molecule has 0 nitrogen and oxygen atoms in total. The fourth-order valence-electron chi connectivity index (χ4n) is 0. The molecule has 0 rings (SSSR count). The highest BCUT2D eigenvalue weighted by Crippen LogP contribution is 0.960. The summed E-state index contributed by atoms with van der Waals surface area (Å²) < 4.78 is 0. The lowest BCUT2D eigenvalue weighted by molar-refractivity contribution is 2.40. The minimum absolute atomic E-state index is 1.31. The SMILES string of the molecule is C=C.C[SiH3]. The van der Waals surface area contributed by atoms with Crippen LogP contribution in [-0.4, -0.2) is 10.2 Å². The molecular formula is C3H10Si. The summed E-state index contributed by atoms with van der Waals surface area (Å²) in [5.74, 6) is 0. The van der Waals surface area contributed by atoms with Gasteiger partial charge in [0, 0.05) is 0 Å². The van der Waals surface area contributed by atoms with E-state index in [2.05, 4.69) is 19.7 Å². The van der Waals surface area contributed by atoms with E-state index in [0.717, 1.165) is 0 Å². The Labute approximate surface area is 31.0 Å². The molecule has 0 saturated carbocycles. The van der Waals surface area contributed by atoms with E-state index < -0.39 is 0 Å². The molecule has 0 atom stereocenters. The zero-order valence-corrected chi connectivity index (χ0v) is 5.41. The number of hydrogen-bond acceptors (Lipinski definition) is 0. The first-order valence-corrected chi connectivity index (χ1v) is 3.50. The number of hydrogen-bond donors (Lipinski definition) is 0. The maximum atomic E-state index is 3.00. The third-order valence-corrected chi connectivity index (χ3v) is 0. The van der Waals surface area contributed by atoms with E-state index in [4.69, 9.17) is 0 Å². The fraction of sp³-hybridized carbons (Fsp3) is 0.333. The Morgan fingerprint density at radius 1 is 1.25 bits per heavy atom. The van der Waals surface area contributed by atoms with Gasteiger partial charge in [0.2, 0.25) is 0 Å². The molecule has 0 radical (unpaired) electrons. The highest BCUT2D eigenvalue weighted by atomic mass is 28.1. The Kier molecular flexibility index (Phi) is 13800. The molecule has 0 bridgehead atoms. The maximum absolute atomic E-state index is 3.00. The molecule has 0 unspecified atom stereocenters. The molecule has 0 saturated heterocycles. The Bertz CT molecular complexity index is 3.25. The predicted molar refractivity (Wildman–Crippen MR) is 27.1 cm³/mol. The lowest BCUT2D eigenvalue weighted by Crippen LogP contribution is -1.13. The van der Waals surface area contributed by atoms with Crippen molar-refractivity contribution in [1.29, 1.82) is 0 Å². The normalized spacial score (nSPS) is 3.25. The van der Waals surface area contributed by atoms with Gasteiger partial charge < -0.3 is 0 Å². The molecule has 0 aliphatic heterocycles. The van der Waals surface area contributed by atoms with Gasteiger partial charge in [-0.1, -0.05) is 6.55 Å². The van der Waals surface area contributed by atoms with E-state index in [1.807, 2.05) is 0 Å². The van der Waals surface area contributed by atoms with Crippen molar-refractivity contribution in [3.05, 3.63) is 13.2 Å². The summed E-state index contributed by atoms with van der Waals surface area (Å²) in [5.41, 5.74) is 0. The standard InChI is InChI=1S/C2H4.CH6Si/c2*1-2/h1-2H2;1-2H3. The Hall–Kier alpha value is -0.0431. The molecule has 0 aliphatic rings. The maximum Gasteiger partial charge on any atom is -0.000585 e. The smallest absolute Gasteiger partial charge is 0.000585 e. The lowest BCUT2D eigenvalue weighted by Gasteiger charge is -1.04. The van der Waals surface area contributed by atoms with Crippen molar-refractivity contribution in [2.45, 2.75) is 6.55 Å². The zero-order chi connectivity index (χ0) is 4.00. The molecule has 0 heterocycles. The van der Waals surface area contributed by atoms with E-state index in [1.54, 1.807) is 0 Å². The second-order valence-corrected chi connectivity index (χ2v) is 0. The first kappa shape index (κ1) is 9.03. The molecule has 0 aromatic heterocycles. The average molecular weight is 74.2 g/mol. The van der Waals surface area contributed by atoms with Crippen molar-refractivity contribution in [3.8, 4) is 0 Å². The third kappa shape index (κ3) is 964. The minimum atomic E-state index is 1.31. The first-order chi connectivity index (χ1) is 2.00. The molecular weight excluding hydrogens is 64.1 g/mol. The zero-order valence-electron chi connectivity index (χ0n) is 3.41. The van der Waals surface area contributed by atoms with Crippen molar-refractivity contribution < 1.29 is 0 Å². The Morgan fingerprint density at radius 2 is 1.25 bits per heavy atom. The van der Waals surface area contributed by atoms with Crippen LogP contribution < -0.4 is 0 Å². The van der Waals surface area contributed by atoms with Gasteiger partial charge in [-0.3, -0.25) is 0 Å². The summed E-state index contributed by atoms with van der Waals surface area (Å²) in [6, 6.07) is 0. The van der Waals surface area contributed by atoms with Gasteiger partial charge in [0.1, 0.15) is 0 Å². The topological polar surface area (TPSA) is 0 Å². The van der Waals surface area contributed by atoms with Crippen LogP contribution in [0.2, 0.25) is 6.55 Å². The molecule has 0 aromatic rings. The van der Waals surface area contributed by atoms with Crippen LogP contribution in [0.4, 0.5) is 0 Å². The average Bonchev–Trinajstić information content (AvgIpc) is 1.50. The van der Waals surface area contributed by atoms with Crippen LogP contribution in [0, 0.1) is 0 Å². The van der Waals surface area contributed by atoms with Gasteiger partial charge in [-0.2, -0.15) is 0 Å². The molecule has 26 valence electrons. The molecule has 0 aromatic carbocycles. The van der Waals surface area contributed by atoms with Gasteiger partial charge in [0.25, 0.3) is 0 Å². The predicted octanol–water partition coefficient (Wildman–Crippen LogP) is 0.202. The quantitative estimate of drug-likeness (QED) is 0.284. The Balaban J connectivity index is 0. The fourth-order valence-corrected chi connectivity index (χ4v) is 0. The van der Waals surface area contributed by atoms with Gasteiger partial charge in [-0.25, -0.2) is 0 Å².